The SMILES string of the molecule is CC(C)Oc1ccc(S(=O)(=O)N2CCOCC2)cc1NCC(=O)NCCc1cccs1. The molecule has 1 aliphatic heterocycles. The fourth-order valence-corrected chi connectivity index (χ4v) is 5.26. The van der Waals surface area contributed by atoms with Crippen LogP contribution < -0.4 is 15.4 Å². The lowest BCUT2D eigenvalue weighted by atomic mass is 10.2. The number of thiophene rings is 1. The minimum Gasteiger partial charge on any atom is -0.489 e. The van der Waals surface area contributed by atoms with Gasteiger partial charge >= 0.3 is 0 Å². The predicted octanol–water partition coefficient (Wildman–Crippen LogP) is 2.33. The first kappa shape index (κ1) is 23.5. The molecule has 1 fully saturated rings. The van der Waals surface area contributed by atoms with Gasteiger partial charge in [-0.25, -0.2) is 8.42 Å². The zero-order valence-electron chi connectivity index (χ0n) is 17.8. The van der Waals surface area contributed by atoms with Crippen LogP contribution in [0.3, 0.4) is 0 Å². The van der Waals surface area contributed by atoms with E-state index < -0.39 is 10.0 Å². The van der Waals surface area contributed by atoms with E-state index >= 15 is 0 Å². The molecule has 1 aliphatic rings. The molecular formula is C21H29N3O5S2. The number of nitrogens with zero attached hydrogens (tertiary/aromatic N) is 1. The van der Waals surface area contributed by atoms with E-state index in [-0.39, 0.29) is 23.5 Å². The van der Waals surface area contributed by atoms with Crippen LogP contribution in [-0.2, 0) is 26.0 Å². The summed E-state index contributed by atoms with van der Waals surface area (Å²) in [6, 6.07) is 8.71. The summed E-state index contributed by atoms with van der Waals surface area (Å²) in [5, 5.41) is 7.91. The maximum Gasteiger partial charge on any atom is 0.243 e. The Bertz CT molecular complexity index is 955. The molecule has 1 aromatic carbocycles. The number of morpholine rings is 1. The highest BCUT2D eigenvalue weighted by molar-refractivity contribution is 7.89. The van der Waals surface area contributed by atoms with Crippen LogP contribution >= 0.6 is 11.3 Å². The zero-order chi connectivity index (χ0) is 22.3. The summed E-state index contributed by atoms with van der Waals surface area (Å²) in [4.78, 5) is 13.6. The number of anilines is 1. The summed E-state index contributed by atoms with van der Waals surface area (Å²) in [7, 11) is -3.65. The third-order valence-electron chi connectivity index (χ3n) is 4.63. The van der Waals surface area contributed by atoms with Gasteiger partial charge in [0.2, 0.25) is 15.9 Å². The molecule has 10 heteroatoms. The van der Waals surface area contributed by atoms with E-state index in [0.29, 0.717) is 44.3 Å². The van der Waals surface area contributed by atoms with Gasteiger partial charge in [0.05, 0.1) is 36.4 Å². The summed E-state index contributed by atoms with van der Waals surface area (Å²) >= 11 is 1.66. The van der Waals surface area contributed by atoms with Gasteiger partial charge in [-0.2, -0.15) is 4.31 Å². The van der Waals surface area contributed by atoms with Crippen LogP contribution in [0.4, 0.5) is 5.69 Å². The van der Waals surface area contributed by atoms with Crippen molar-refractivity contribution in [1.82, 2.24) is 9.62 Å². The first-order valence-corrected chi connectivity index (χ1v) is 12.6. The molecule has 8 nitrogen and oxygen atoms in total. The molecule has 0 saturated carbocycles. The minimum absolute atomic E-state index is 0.0138. The molecule has 1 saturated heterocycles. The molecule has 3 rings (SSSR count). The smallest absolute Gasteiger partial charge is 0.243 e. The topological polar surface area (TPSA) is 97.0 Å². The molecule has 0 radical (unpaired) electrons. The Labute approximate surface area is 187 Å². The van der Waals surface area contributed by atoms with Crippen molar-refractivity contribution in [1.29, 1.82) is 0 Å². The van der Waals surface area contributed by atoms with Crippen LogP contribution in [0.2, 0.25) is 0 Å². The maximum absolute atomic E-state index is 13.0. The lowest BCUT2D eigenvalue weighted by Crippen LogP contribution is -2.40. The number of benzene rings is 1. The fraction of sp³-hybridized carbons (Fsp3) is 0.476. The number of hydrogen-bond acceptors (Lipinski definition) is 7. The van der Waals surface area contributed by atoms with E-state index in [0.717, 1.165) is 6.42 Å². The number of sulfonamides is 1. The second-order valence-electron chi connectivity index (χ2n) is 7.37. The summed E-state index contributed by atoms with van der Waals surface area (Å²) in [6.07, 6.45) is 0.681. The van der Waals surface area contributed by atoms with Gasteiger partial charge in [0.25, 0.3) is 0 Å². The van der Waals surface area contributed by atoms with Crippen LogP contribution in [0, 0.1) is 0 Å². The molecular weight excluding hydrogens is 438 g/mol. The van der Waals surface area contributed by atoms with E-state index in [1.54, 1.807) is 17.4 Å². The first-order valence-electron chi connectivity index (χ1n) is 10.3. The van der Waals surface area contributed by atoms with Crippen molar-refractivity contribution in [3.8, 4) is 5.75 Å². The number of nitrogens with one attached hydrogen (secondary N) is 2. The summed E-state index contributed by atoms with van der Waals surface area (Å²) in [5.74, 6) is 0.329. The van der Waals surface area contributed by atoms with Crippen LogP contribution in [-0.4, -0.2) is 64.1 Å². The molecule has 0 aliphatic carbocycles. The van der Waals surface area contributed by atoms with E-state index in [2.05, 4.69) is 10.6 Å². The van der Waals surface area contributed by atoms with Gasteiger partial charge in [-0.3, -0.25) is 4.79 Å². The van der Waals surface area contributed by atoms with E-state index in [1.165, 1.54) is 21.3 Å². The molecule has 0 atom stereocenters. The number of amides is 1. The van der Waals surface area contributed by atoms with Gasteiger partial charge in [-0.15, -0.1) is 11.3 Å². The standard InChI is InChI=1S/C21H29N3O5S2/c1-16(2)29-20-6-5-18(31(26,27)24-9-11-28-12-10-24)14-19(20)23-15-21(25)22-8-7-17-4-3-13-30-17/h3-6,13-14,16,23H,7-12,15H2,1-2H3,(H,22,25). The van der Waals surface area contributed by atoms with Crippen molar-refractivity contribution in [3.63, 3.8) is 0 Å². The first-order chi connectivity index (χ1) is 14.9. The van der Waals surface area contributed by atoms with Crippen molar-refractivity contribution in [2.75, 3.05) is 44.7 Å². The molecule has 1 amide bonds. The molecule has 0 unspecified atom stereocenters. The normalized spacial score (nSPS) is 15.1. The summed E-state index contributed by atoms with van der Waals surface area (Å²) in [6.45, 7) is 5.74. The number of carbonyl (C=O) groups is 1. The summed E-state index contributed by atoms with van der Waals surface area (Å²) in [5.41, 5.74) is 0.469. The van der Waals surface area contributed by atoms with Crippen LogP contribution in [0.5, 0.6) is 5.75 Å². The van der Waals surface area contributed by atoms with Crippen molar-refractivity contribution in [2.24, 2.45) is 0 Å². The highest BCUT2D eigenvalue weighted by atomic mass is 32.2. The predicted molar refractivity (Wildman–Crippen MR) is 121 cm³/mol. The van der Waals surface area contributed by atoms with Crippen molar-refractivity contribution >= 4 is 33.0 Å². The third-order valence-corrected chi connectivity index (χ3v) is 7.47. The Morgan fingerprint density at radius 2 is 2.03 bits per heavy atom. The average molecular weight is 468 g/mol. The van der Waals surface area contributed by atoms with E-state index in [9.17, 15) is 13.2 Å². The Kier molecular flexibility index (Phi) is 8.30. The molecule has 0 spiro atoms. The summed E-state index contributed by atoms with van der Waals surface area (Å²) < 4.78 is 38.4. The lowest BCUT2D eigenvalue weighted by molar-refractivity contribution is -0.119. The highest BCUT2D eigenvalue weighted by Gasteiger charge is 2.27. The van der Waals surface area contributed by atoms with Crippen LogP contribution in [0.25, 0.3) is 0 Å². The van der Waals surface area contributed by atoms with Crippen LogP contribution in [0.15, 0.2) is 40.6 Å². The Morgan fingerprint density at radius 3 is 2.71 bits per heavy atom. The Morgan fingerprint density at radius 1 is 1.26 bits per heavy atom. The number of rotatable bonds is 10. The molecule has 2 N–H and O–H groups in total. The lowest BCUT2D eigenvalue weighted by Gasteiger charge is -2.26. The van der Waals surface area contributed by atoms with Crippen molar-refractivity contribution in [3.05, 3.63) is 40.6 Å². The molecule has 2 heterocycles. The molecule has 0 bridgehead atoms. The van der Waals surface area contributed by atoms with Gasteiger partial charge in [-0.05, 0) is 49.9 Å². The number of hydrogen-bond donors (Lipinski definition) is 2. The largest absolute Gasteiger partial charge is 0.489 e. The van der Waals surface area contributed by atoms with Gasteiger partial charge in [-0.1, -0.05) is 6.07 Å². The second kappa shape index (κ2) is 10.9. The molecule has 2 aromatic rings. The number of carbonyl (C=O) groups excluding carboxylic acids is 1. The van der Waals surface area contributed by atoms with E-state index in [4.69, 9.17) is 9.47 Å². The molecule has 1 aromatic heterocycles. The second-order valence-corrected chi connectivity index (χ2v) is 10.3. The quantitative estimate of drug-likeness (QED) is 0.557. The van der Waals surface area contributed by atoms with Gasteiger partial charge < -0.3 is 20.1 Å². The Hall–Kier alpha value is -2.14. The maximum atomic E-state index is 13.0. The molecule has 31 heavy (non-hydrogen) atoms. The highest BCUT2D eigenvalue weighted by Crippen LogP contribution is 2.30. The van der Waals surface area contributed by atoms with Crippen molar-refractivity contribution in [2.45, 2.75) is 31.3 Å². The van der Waals surface area contributed by atoms with Gasteiger partial charge in [0.1, 0.15) is 5.75 Å². The zero-order valence-corrected chi connectivity index (χ0v) is 19.4. The Balaban J connectivity index is 1.67. The van der Waals surface area contributed by atoms with Crippen LogP contribution in [0.1, 0.15) is 18.7 Å². The minimum atomic E-state index is -3.65. The monoisotopic (exact) mass is 467 g/mol. The van der Waals surface area contributed by atoms with Gasteiger partial charge in [0.15, 0.2) is 0 Å². The van der Waals surface area contributed by atoms with Gasteiger partial charge in [0, 0.05) is 24.5 Å². The fourth-order valence-electron chi connectivity index (χ4n) is 3.12. The number of ether oxygens (including phenoxy) is 2. The average Bonchev–Trinajstić information content (AvgIpc) is 3.26. The van der Waals surface area contributed by atoms with E-state index in [1.807, 2.05) is 31.4 Å². The van der Waals surface area contributed by atoms with Crippen molar-refractivity contribution < 1.29 is 22.7 Å². The molecule has 170 valence electrons. The third kappa shape index (κ3) is 6.67.